The Morgan fingerprint density at radius 1 is 1.07 bits per heavy atom. The Kier molecular flexibility index (Phi) is 5.68. The third-order valence-corrected chi connectivity index (χ3v) is 4.77. The van der Waals surface area contributed by atoms with Crippen LogP contribution in [0.15, 0.2) is 59.9 Å². The van der Waals surface area contributed by atoms with E-state index in [1.807, 2.05) is 31.2 Å². The van der Waals surface area contributed by atoms with Crippen LogP contribution in [0.2, 0.25) is 0 Å². The number of anilines is 1. The highest BCUT2D eigenvalue weighted by molar-refractivity contribution is 6.16. The van der Waals surface area contributed by atoms with E-state index in [4.69, 9.17) is 9.84 Å². The summed E-state index contributed by atoms with van der Waals surface area (Å²) in [6.07, 6.45) is 0.853. The number of amides is 1. The molecule has 1 amide bonds. The van der Waals surface area contributed by atoms with Crippen molar-refractivity contribution in [2.24, 2.45) is 0 Å². The lowest BCUT2D eigenvalue weighted by Crippen LogP contribution is -2.30. The van der Waals surface area contributed by atoms with Gasteiger partial charge in [0.2, 0.25) is 0 Å². The monoisotopic (exact) mass is 395 g/mol. The van der Waals surface area contributed by atoms with Crippen LogP contribution in [-0.4, -0.2) is 34.5 Å². The molecule has 29 heavy (non-hydrogen) atoms. The third-order valence-electron chi connectivity index (χ3n) is 4.77. The second-order valence-electron chi connectivity index (χ2n) is 6.67. The number of aryl methyl sites for hydroxylation is 1. The summed E-state index contributed by atoms with van der Waals surface area (Å²) < 4.78 is 5.11. The molecule has 0 bridgehead atoms. The fourth-order valence-corrected chi connectivity index (χ4v) is 3.33. The number of hydrogen-bond acceptors (Lipinski definition) is 5. The average molecular weight is 395 g/mol. The van der Waals surface area contributed by atoms with Crippen LogP contribution in [0.5, 0.6) is 5.75 Å². The highest BCUT2D eigenvalue weighted by Gasteiger charge is 2.43. The predicted octanol–water partition coefficient (Wildman–Crippen LogP) is 3.20. The molecule has 3 rings (SSSR count). The van der Waals surface area contributed by atoms with Crippen LogP contribution in [0.25, 0.3) is 0 Å². The highest BCUT2D eigenvalue weighted by Crippen LogP contribution is 2.41. The SMILES string of the molecule is CCc1ccc(C2C(C(C)=O)=C(O)C(=O)N2c2ccc(OCC(=O)O)cc2)cc1. The number of ketones is 1. The van der Waals surface area contributed by atoms with Gasteiger partial charge in [0.15, 0.2) is 18.1 Å². The number of carbonyl (C=O) groups excluding carboxylic acids is 2. The van der Waals surface area contributed by atoms with Crippen LogP contribution in [0, 0.1) is 0 Å². The largest absolute Gasteiger partial charge is 0.503 e. The quantitative estimate of drug-likeness (QED) is 0.746. The molecule has 150 valence electrons. The van der Waals surface area contributed by atoms with Crippen LogP contribution in [0.1, 0.15) is 31.0 Å². The second-order valence-corrected chi connectivity index (χ2v) is 6.67. The molecule has 0 aromatic heterocycles. The van der Waals surface area contributed by atoms with E-state index in [1.165, 1.54) is 24.0 Å². The van der Waals surface area contributed by atoms with Gasteiger partial charge < -0.3 is 14.9 Å². The van der Waals surface area contributed by atoms with Crippen LogP contribution in [0.3, 0.4) is 0 Å². The van der Waals surface area contributed by atoms with Crippen molar-refractivity contribution in [2.75, 3.05) is 11.5 Å². The number of benzene rings is 2. The molecular weight excluding hydrogens is 374 g/mol. The van der Waals surface area contributed by atoms with Crippen LogP contribution >= 0.6 is 0 Å². The maximum absolute atomic E-state index is 12.8. The van der Waals surface area contributed by atoms with E-state index in [0.29, 0.717) is 17.0 Å². The summed E-state index contributed by atoms with van der Waals surface area (Å²) in [5.41, 5.74) is 2.31. The molecule has 2 aromatic rings. The van der Waals surface area contributed by atoms with Crippen molar-refractivity contribution >= 4 is 23.3 Å². The smallest absolute Gasteiger partial charge is 0.341 e. The Morgan fingerprint density at radius 2 is 1.69 bits per heavy atom. The summed E-state index contributed by atoms with van der Waals surface area (Å²) in [6, 6.07) is 13.0. The summed E-state index contributed by atoms with van der Waals surface area (Å²) in [7, 11) is 0. The number of carboxylic acid groups (broad SMARTS) is 1. The molecule has 1 aliphatic heterocycles. The van der Waals surface area contributed by atoms with Crippen molar-refractivity contribution in [2.45, 2.75) is 26.3 Å². The maximum atomic E-state index is 12.8. The van der Waals surface area contributed by atoms with Crippen LogP contribution in [0.4, 0.5) is 5.69 Å². The molecule has 2 N–H and O–H groups in total. The van der Waals surface area contributed by atoms with Crippen molar-refractivity contribution in [3.8, 4) is 5.75 Å². The molecule has 1 unspecified atom stereocenters. The lowest BCUT2D eigenvalue weighted by atomic mass is 9.95. The van der Waals surface area contributed by atoms with Gasteiger partial charge in [-0.15, -0.1) is 0 Å². The molecule has 0 aliphatic carbocycles. The van der Waals surface area contributed by atoms with Crippen molar-refractivity contribution < 1.29 is 29.3 Å². The molecule has 0 radical (unpaired) electrons. The molecule has 0 fully saturated rings. The first kappa shape index (κ1) is 20.1. The van der Waals surface area contributed by atoms with Crippen LogP contribution in [-0.2, 0) is 20.8 Å². The van der Waals surface area contributed by atoms with Gasteiger partial charge in [0.05, 0.1) is 11.6 Å². The highest BCUT2D eigenvalue weighted by atomic mass is 16.5. The minimum atomic E-state index is -1.10. The molecular formula is C22H21NO6. The van der Waals surface area contributed by atoms with Gasteiger partial charge >= 0.3 is 5.97 Å². The third kappa shape index (κ3) is 3.99. The van der Waals surface area contributed by atoms with Gasteiger partial charge in [0, 0.05) is 5.69 Å². The molecule has 1 heterocycles. The van der Waals surface area contributed by atoms with E-state index in [0.717, 1.165) is 12.0 Å². The normalized spacial score (nSPS) is 16.3. The zero-order chi connectivity index (χ0) is 21.1. The minimum Gasteiger partial charge on any atom is -0.503 e. The number of nitrogens with zero attached hydrogens (tertiary/aromatic N) is 1. The van der Waals surface area contributed by atoms with Crippen molar-refractivity contribution in [1.29, 1.82) is 0 Å². The van der Waals surface area contributed by atoms with Gasteiger partial charge in [-0.3, -0.25) is 14.5 Å². The molecule has 7 heteroatoms. The summed E-state index contributed by atoms with van der Waals surface area (Å²) >= 11 is 0. The van der Waals surface area contributed by atoms with E-state index in [-0.39, 0.29) is 11.4 Å². The van der Waals surface area contributed by atoms with Gasteiger partial charge in [0.25, 0.3) is 5.91 Å². The number of hydrogen-bond donors (Lipinski definition) is 2. The first-order chi connectivity index (χ1) is 13.8. The van der Waals surface area contributed by atoms with E-state index >= 15 is 0 Å². The van der Waals surface area contributed by atoms with E-state index in [9.17, 15) is 19.5 Å². The zero-order valence-electron chi connectivity index (χ0n) is 16.1. The Balaban J connectivity index is 2.00. The van der Waals surface area contributed by atoms with Gasteiger partial charge in [-0.2, -0.15) is 0 Å². The second kappa shape index (κ2) is 8.18. The summed E-state index contributed by atoms with van der Waals surface area (Å²) in [5, 5.41) is 19.1. The van der Waals surface area contributed by atoms with Crippen LogP contribution < -0.4 is 9.64 Å². The Bertz CT molecular complexity index is 975. The Morgan fingerprint density at radius 3 is 2.21 bits per heavy atom. The number of aliphatic hydroxyl groups is 1. The molecule has 0 saturated carbocycles. The first-order valence-electron chi connectivity index (χ1n) is 9.14. The average Bonchev–Trinajstić information content (AvgIpc) is 2.98. The molecule has 2 aromatic carbocycles. The zero-order valence-corrected chi connectivity index (χ0v) is 16.1. The topological polar surface area (TPSA) is 104 Å². The summed E-state index contributed by atoms with van der Waals surface area (Å²) in [6.45, 7) is 2.87. The Hall–Kier alpha value is -3.61. The van der Waals surface area contributed by atoms with E-state index in [2.05, 4.69) is 0 Å². The summed E-state index contributed by atoms with van der Waals surface area (Å²) in [5.74, 6) is -2.38. The number of aliphatic carboxylic acids is 1. The fourth-order valence-electron chi connectivity index (χ4n) is 3.33. The lowest BCUT2D eigenvalue weighted by molar-refractivity contribution is -0.139. The molecule has 1 aliphatic rings. The van der Waals surface area contributed by atoms with Gasteiger partial charge in [-0.1, -0.05) is 31.2 Å². The van der Waals surface area contributed by atoms with E-state index in [1.54, 1.807) is 12.1 Å². The van der Waals surface area contributed by atoms with Gasteiger partial charge in [-0.25, -0.2) is 4.79 Å². The standard InChI is InChI=1S/C22H21NO6/c1-3-14-4-6-15(7-5-14)20-19(13(2)24)21(27)22(28)23(20)16-8-10-17(11-9-16)29-12-18(25)26/h4-11,20,27H,3,12H2,1-2H3,(H,25,26). The van der Waals surface area contributed by atoms with Crippen molar-refractivity contribution in [3.05, 3.63) is 71.0 Å². The minimum absolute atomic E-state index is 0.0467. The molecule has 7 nitrogen and oxygen atoms in total. The van der Waals surface area contributed by atoms with E-state index < -0.39 is 30.3 Å². The number of ether oxygens (including phenoxy) is 1. The van der Waals surface area contributed by atoms with Crippen molar-refractivity contribution in [3.63, 3.8) is 0 Å². The number of carboxylic acids is 1. The number of aliphatic hydroxyl groups excluding tert-OH is 1. The number of rotatable bonds is 7. The van der Waals surface area contributed by atoms with Gasteiger partial charge in [-0.05, 0) is 48.7 Å². The fraction of sp³-hybridized carbons (Fsp3) is 0.227. The number of carbonyl (C=O) groups is 3. The summed E-state index contributed by atoms with van der Waals surface area (Å²) in [4.78, 5) is 37.0. The van der Waals surface area contributed by atoms with Crippen molar-refractivity contribution in [1.82, 2.24) is 0 Å². The first-order valence-corrected chi connectivity index (χ1v) is 9.14. The predicted molar refractivity (Wildman–Crippen MR) is 106 cm³/mol. The lowest BCUT2D eigenvalue weighted by Gasteiger charge is -2.27. The molecule has 0 spiro atoms. The Labute approximate surface area is 167 Å². The maximum Gasteiger partial charge on any atom is 0.341 e. The molecule has 0 saturated heterocycles. The van der Waals surface area contributed by atoms with Gasteiger partial charge in [0.1, 0.15) is 5.75 Å². The number of Topliss-reactive ketones (excluding diaryl/α,β-unsaturated/α-hetero) is 1. The molecule has 1 atom stereocenters.